The van der Waals surface area contributed by atoms with E-state index >= 15 is 0 Å². The molecule has 0 spiro atoms. The molecule has 4 rings (SSSR count). The van der Waals surface area contributed by atoms with Gasteiger partial charge in [-0.3, -0.25) is 14.4 Å². The summed E-state index contributed by atoms with van der Waals surface area (Å²) in [6.45, 7) is 1.80. The lowest BCUT2D eigenvalue weighted by Crippen LogP contribution is -2.34. The third kappa shape index (κ3) is 1.91. The third-order valence-electron chi connectivity index (χ3n) is 4.15. The molecular formula is C17H12N2O5. The molecule has 0 N–H and O–H groups in total. The van der Waals surface area contributed by atoms with Crippen LogP contribution in [-0.4, -0.2) is 29.4 Å². The lowest BCUT2D eigenvalue weighted by molar-refractivity contribution is -0.126. The number of benzene rings is 1. The number of amides is 2. The van der Waals surface area contributed by atoms with Gasteiger partial charge in [-0.1, -0.05) is 23.4 Å². The Bertz CT molecular complexity index is 884. The molecule has 1 aromatic carbocycles. The van der Waals surface area contributed by atoms with Crippen LogP contribution in [0.5, 0.6) is 0 Å². The van der Waals surface area contributed by atoms with Crippen LogP contribution in [0.2, 0.25) is 0 Å². The second kappa shape index (κ2) is 5.16. The predicted molar refractivity (Wildman–Crippen MR) is 82.5 cm³/mol. The summed E-state index contributed by atoms with van der Waals surface area (Å²) >= 11 is 0. The fourth-order valence-electron chi connectivity index (χ4n) is 2.95. The van der Waals surface area contributed by atoms with Gasteiger partial charge < -0.3 is 9.25 Å². The summed E-state index contributed by atoms with van der Waals surface area (Å²) in [4.78, 5) is 44.0. The number of para-hydroxylation sites is 1. The fraction of sp³-hybridized carbons (Fsp3) is 0.176. The Hall–Kier alpha value is -3.22. The smallest absolute Gasteiger partial charge is 0.278 e. The van der Waals surface area contributed by atoms with Crippen LogP contribution in [0, 0.1) is 12.8 Å². The van der Waals surface area contributed by atoms with Crippen LogP contribution in [-0.2, 0) is 14.4 Å². The number of aryl methyl sites for hydroxylation is 1. The summed E-state index contributed by atoms with van der Waals surface area (Å²) in [5, 5.41) is 3.67. The van der Waals surface area contributed by atoms with Crippen molar-refractivity contribution in [1.82, 2.24) is 0 Å². The zero-order valence-corrected chi connectivity index (χ0v) is 12.6. The highest BCUT2D eigenvalue weighted by Crippen LogP contribution is 2.35. The minimum atomic E-state index is -1.11. The Morgan fingerprint density at radius 2 is 1.92 bits per heavy atom. The van der Waals surface area contributed by atoms with Crippen molar-refractivity contribution in [1.29, 1.82) is 0 Å². The summed E-state index contributed by atoms with van der Waals surface area (Å²) in [6, 6.07) is 10.1. The molecular weight excluding hydrogens is 312 g/mol. The molecule has 0 bridgehead atoms. The molecule has 2 amide bonds. The first-order valence-corrected chi connectivity index (χ1v) is 7.35. The van der Waals surface area contributed by atoms with Crippen molar-refractivity contribution in [2.45, 2.75) is 13.0 Å². The van der Waals surface area contributed by atoms with E-state index in [4.69, 9.17) is 9.25 Å². The number of imide groups is 1. The largest absolute Gasteiger partial charge is 0.461 e. The van der Waals surface area contributed by atoms with Crippen molar-refractivity contribution in [2.75, 3.05) is 4.90 Å². The Kier molecular flexibility index (Phi) is 3.09. The number of rotatable bonds is 3. The van der Waals surface area contributed by atoms with Gasteiger partial charge >= 0.3 is 0 Å². The second-order valence-electron chi connectivity index (χ2n) is 5.59. The number of fused-ring (bicyclic) bond motifs is 1. The standard InChI is InChI=1S/C17H12N2O5/c1-9-5-2-3-6-10(9)19-16(21)12-13(18-24-15(12)17(19)22)14(20)11-7-4-8-23-11/h2-8,12,15H,1H3/t12-,15+/m1/s1. The highest BCUT2D eigenvalue weighted by molar-refractivity contribution is 6.52. The van der Waals surface area contributed by atoms with Crippen molar-refractivity contribution in [3.05, 3.63) is 54.0 Å². The van der Waals surface area contributed by atoms with E-state index in [0.717, 1.165) is 10.5 Å². The fourth-order valence-corrected chi connectivity index (χ4v) is 2.95. The molecule has 0 unspecified atom stereocenters. The topological polar surface area (TPSA) is 89.2 Å². The zero-order valence-electron chi connectivity index (χ0n) is 12.6. The van der Waals surface area contributed by atoms with E-state index in [9.17, 15) is 14.4 Å². The van der Waals surface area contributed by atoms with Crippen molar-refractivity contribution in [3.8, 4) is 0 Å². The molecule has 3 heterocycles. The van der Waals surface area contributed by atoms with Gasteiger partial charge in [0.05, 0.1) is 12.0 Å². The molecule has 0 aliphatic carbocycles. The predicted octanol–water partition coefficient (Wildman–Crippen LogP) is 1.72. The van der Waals surface area contributed by atoms with Gasteiger partial charge in [-0.05, 0) is 30.7 Å². The molecule has 1 fully saturated rings. The molecule has 2 aromatic rings. The summed E-state index contributed by atoms with van der Waals surface area (Å²) < 4.78 is 5.05. The van der Waals surface area contributed by atoms with Gasteiger partial charge in [0.15, 0.2) is 5.76 Å². The van der Waals surface area contributed by atoms with E-state index in [-0.39, 0.29) is 11.5 Å². The number of hydrogen-bond donors (Lipinski definition) is 0. The number of hydrogen-bond acceptors (Lipinski definition) is 6. The molecule has 0 radical (unpaired) electrons. The lowest BCUT2D eigenvalue weighted by atomic mass is 9.96. The number of furan rings is 1. The van der Waals surface area contributed by atoms with Crippen LogP contribution in [0.4, 0.5) is 5.69 Å². The average Bonchev–Trinajstić information content (AvgIpc) is 3.29. The Morgan fingerprint density at radius 1 is 1.12 bits per heavy atom. The number of anilines is 1. The summed E-state index contributed by atoms with van der Waals surface area (Å²) in [5.74, 6) is -2.59. The van der Waals surface area contributed by atoms with Gasteiger partial charge in [-0.15, -0.1) is 0 Å². The maximum Gasteiger partial charge on any atom is 0.278 e. The number of nitrogens with zero attached hydrogens (tertiary/aromatic N) is 2. The average molecular weight is 324 g/mol. The van der Waals surface area contributed by atoms with Crippen molar-refractivity contribution < 1.29 is 23.6 Å². The molecule has 120 valence electrons. The first kappa shape index (κ1) is 14.4. The van der Waals surface area contributed by atoms with Crippen LogP contribution >= 0.6 is 0 Å². The maximum atomic E-state index is 12.8. The van der Waals surface area contributed by atoms with Gasteiger partial charge in [0.25, 0.3) is 5.91 Å². The van der Waals surface area contributed by atoms with Gasteiger partial charge in [0.1, 0.15) is 11.6 Å². The molecule has 24 heavy (non-hydrogen) atoms. The molecule has 2 atom stereocenters. The van der Waals surface area contributed by atoms with E-state index in [1.54, 1.807) is 31.2 Å². The quantitative estimate of drug-likeness (QED) is 0.633. The number of ketones is 1. The highest BCUT2D eigenvalue weighted by Gasteiger charge is 2.57. The second-order valence-corrected chi connectivity index (χ2v) is 5.59. The maximum absolute atomic E-state index is 12.8. The zero-order chi connectivity index (χ0) is 16.8. The molecule has 2 aliphatic heterocycles. The first-order valence-electron chi connectivity index (χ1n) is 7.35. The van der Waals surface area contributed by atoms with Crippen LogP contribution in [0.25, 0.3) is 0 Å². The number of carbonyl (C=O) groups excluding carboxylic acids is 3. The van der Waals surface area contributed by atoms with E-state index in [2.05, 4.69) is 5.16 Å². The van der Waals surface area contributed by atoms with E-state index < -0.39 is 29.6 Å². The molecule has 2 aliphatic rings. The van der Waals surface area contributed by atoms with Crippen molar-refractivity contribution >= 4 is 29.0 Å². The monoisotopic (exact) mass is 324 g/mol. The van der Waals surface area contributed by atoms with Gasteiger partial charge in [0.2, 0.25) is 17.8 Å². The Morgan fingerprint density at radius 3 is 2.62 bits per heavy atom. The Balaban J connectivity index is 1.70. The van der Waals surface area contributed by atoms with E-state index in [1.807, 2.05) is 6.07 Å². The number of carbonyl (C=O) groups is 3. The summed E-state index contributed by atoms with van der Waals surface area (Å²) in [6.07, 6.45) is 0.244. The normalized spacial score (nSPS) is 22.4. The molecule has 1 aromatic heterocycles. The van der Waals surface area contributed by atoms with E-state index in [1.165, 1.54) is 12.3 Å². The van der Waals surface area contributed by atoms with Crippen LogP contribution in [0.15, 0.2) is 52.2 Å². The first-order chi connectivity index (χ1) is 11.6. The third-order valence-corrected chi connectivity index (χ3v) is 4.15. The molecule has 0 saturated carbocycles. The van der Waals surface area contributed by atoms with E-state index in [0.29, 0.717) is 5.69 Å². The Labute approximate surface area is 136 Å². The van der Waals surface area contributed by atoms with Crippen LogP contribution in [0.1, 0.15) is 16.1 Å². The van der Waals surface area contributed by atoms with Crippen molar-refractivity contribution in [2.24, 2.45) is 11.1 Å². The molecule has 1 saturated heterocycles. The van der Waals surface area contributed by atoms with Crippen LogP contribution in [0.3, 0.4) is 0 Å². The minimum Gasteiger partial charge on any atom is -0.461 e. The SMILES string of the molecule is Cc1ccccc1N1C(=O)[C@@H]2C(C(=O)c3ccco3)=NO[C@@H]2C1=O. The van der Waals surface area contributed by atoms with Gasteiger partial charge in [-0.2, -0.15) is 0 Å². The summed E-state index contributed by atoms with van der Waals surface area (Å²) in [5.41, 5.74) is 1.15. The highest BCUT2D eigenvalue weighted by atomic mass is 16.7. The minimum absolute atomic E-state index is 0.0487. The van der Waals surface area contributed by atoms with Gasteiger partial charge in [0, 0.05) is 0 Å². The van der Waals surface area contributed by atoms with Crippen LogP contribution < -0.4 is 4.90 Å². The number of oxime groups is 1. The van der Waals surface area contributed by atoms with Crippen molar-refractivity contribution in [3.63, 3.8) is 0 Å². The lowest BCUT2D eigenvalue weighted by Gasteiger charge is -2.17. The summed E-state index contributed by atoms with van der Waals surface area (Å²) in [7, 11) is 0. The number of Topliss-reactive ketones (excluding diaryl/α,β-unsaturated/α-hetero) is 1. The molecule has 7 heteroatoms. The molecule has 7 nitrogen and oxygen atoms in total. The van der Waals surface area contributed by atoms with Gasteiger partial charge in [-0.25, -0.2) is 4.90 Å².